The van der Waals surface area contributed by atoms with Gasteiger partial charge in [-0.15, -0.1) is 13.2 Å². The second-order valence-electron chi connectivity index (χ2n) is 12.4. The van der Waals surface area contributed by atoms with Crippen LogP contribution >= 0.6 is 0 Å². The van der Waals surface area contributed by atoms with Gasteiger partial charge < -0.3 is 29.7 Å². The minimum atomic E-state index is -1.14. The van der Waals surface area contributed by atoms with E-state index in [1.807, 2.05) is 37.3 Å². The molecule has 0 radical (unpaired) electrons. The van der Waals surface area contributed by atoms with E-state index >= 15 is 0 Å². The van der Waals surface area contributed by atoms with Crippen molar-refractivity contribution in [2.45, 2.75) is 95.1 Å². The number of esters is 1. The van der Waals surface area contributed by atoms with E-state index in [2.05, 4.69) is 25.4 Å². The van der Waals surface area contributed by atoms with Crippen LogP contribution in [0.1, 0.15) is 76.9 Å². The third kappa shape index (κ3) is 7.17. The van der Waals surface area contributed by atoms with Crippen molar-refractivity contribution >= 4 is 23.7 Å². The standard InChI is InChI=1S/C35H49N3O7/c1-5-8-17-28(40)36-23-27(25-15-10-9-11-16-25)44-34(43)29-26-18-19-35(45-26)30(29)32(41)38(21-12-13-22-39)31(35)33(42)37(20-7-3)24(4)14-6-2/h5,7,9-11,15-16,24,26-27,29-31,39H,1,3,6,8,12-14,17-23H2,2,4H3,(H,36,40)/t24?,26-,27+,29+,30+,31-,35+/m1/s1. The van der Waals surface area contributed by atoms with Gasteiger partial charge in [0.2, 0.25) is 17.7 Å². The van der Waals surface area contributed by atoms with Crippen molar-refractivity contribution in [3.05, 3.63) is 61.2 Å². The van der Waals surface area contributed by atoms with Gasteiger partial charge in [0.1, 0.15) is 17.7 Å². The molecule has 3 fully saturated rings. The Morgan fingerprint density at radius 1 is 1.22 bits per heavy atom. The van der Waals surface area contributed by atoms with Crippen LogP contribution in [0.2, 0.25) is 0 Å². The Bertz CT molecular complexity index is 1220. The number of hydrogen-bond acceptors (Lipinski definition) is 7. The van der Waals surface area contributed by atoms with E-state index in [4.69, 9.17) is 9.47 Å². The van der Waals surface area contributed by atoms with Crippen molar-refractivity contribution in [1.29, 1.82) is 0 Å². The molecule has 3 aliphatic rings. The number of hydrogen-bond donors (Lipinski definition) is 2. The monoisotopic (exact) mass is 623 g/mol. The van der Waals surface area contributed by atoms with E-state index in [9.17, 15) is 24.3 Å². The largest absolute Gasteiger partial charge is 0.455 e. The Morgan fingerprint density at radius 2 is 1.98 bits per heavy atom. The molecule has 3 saturated heterocycles. The number of unbranched alkanes of at least 4 members (excludes halogenated alkanes) is 1. The summed E-state index contributed by atoms with van der Waals surface area (Å²) in [6.07, 6.45) is 6.54. The Balaban J connectivity index is 1.63. The number of allylic oxidation sites excluding steroid dienone is 1. The Morgan fingerprint density at radius 3 is 2.64 bits per heavy atom. The number of aliphatic hydroxyl groups is 1. The van der Waals surface area contributed by atoms with Crippen LogP contribution in [0.5, 0.6) is 0 Å². The summed E-state index contributed by atoms with van der Waals surface area (Å²) in [6, 6.07) is 8.23. The molecular formula is C35H49N3O7. The van der Waals surface area contributed by atoms with Crippen LogP contribution in [0.25, 0.3) is 0 Å². The average Bonchev–Trinajstić information content (AvgIpc) is 3.68. The van der Waals surface area contributed by atoms with Crippen molar-refractivity contribution < 1.29 is 33.8 Å². The molecule has 2 bridgehead atoms. The van der Waals surface area contributed by atoms with Gasteiger partial charge in [-0.3, -0.25) is 19.2 Å². The summed E-state index contributed by atoms with van der Waals surface area (Å²) in [4.78, 5) is 58.5. The fraction of sp³-hybridized carbons (Fsp3) is 0.600. The quantitative estimate of drug-likeness (QED) is 0.145. The fourth-order valence-electron chi connectivity index (χ4n) is 7.33. The second kappa shape index (κ2) is 15.7. The molecule has 3 amide bonds. The van der Waals surface area contributed by atoms with E-state index < -0.39 is 41.7 Å². The number of fused-ring (bicyclic) bond motifs is 1. The highest BCUT2D eigenvalue weighted by Gasteiger charge is 2.75. The third-order valence-electron chi connectivity index (χ3n) is 9.45. The number of likely N-dealkylation sites (tertiary alicyclic amines) is 1. The first-order valence-corrected chi connectivity index (χ1v) is 16.4. The second-order valence-corrected chi connectivity index (χ2v) is 12.4. The van der Waals surface area contributed by atoms with Gasteiger partial charge in [-0.2, -0.15) is 0 Å². The van der Waals surface area contributed by atoms with E-state index in [1.54, 1.807) is 22.0 Å². The highest BCUT2D eigenvalue weighted by Crippen LogP contribution is 2.59. The lowest BCUT2D eigenvalue weighted by atomic mass is 9.70. The highest BCUT2D eigenvalue weighted by molar-refractivity contribution is 5.98. The van der Waals surface area contributed by atoms with Crippen molar-refractivity contribution in [2.75, 3.05) is 26.2 Å². The van der Waals surface area contributed by atoms with E-state index in [0.717, 1.165) is 18.4 Å². The maximum atomic E-state index is 14.4. The van der Waals surface area contributed by atoms with Gasteiger partial charge in [-0.25, -0.2) is 0 Å². The van der Waals surface area contributed by atoms with E-state index in [0.29, 0.717) is 38.6 Å². The van der Waals surface area contributed by atoms with Gasteiger partial charge in [0.15, 0.2) is 0 Å². The number of carbonyl (C=O) groups is 4. The highest BCUT2D eigenvalue weighted by atomic mass is 16.6. The molecule has 1 spiro atoms. The first-order chi connectivity index (χ1) is 21.7. The molecule has 7 atom stereocenters. The summed E-state index contributed by atoms with van der Waals surface area (Å²) in [7, 11) is 0. The van der Waals surface area contributed by atoms with Gasteiger partial charge in [0.05, 0.1) is 24.5 Å². The van der Waals surface area contributed by atoms with Gasteiger partial charge >= 0.3 is 5.97 Å². The summed E-state index contributed by atoms with van der Waals surface area (Å²) in [6.45, 7) is 12.2. The number of carbonyl (C=O) groups excluding carboxylic acids is 4. The van der Waals surface area contributed by atoms with Crippen molar-refractivity contribution in [1.82, 2.24) is 15.1 Å². The molecule has 2 N–H and O–H groups in total. The van der Waals surface area contributed by atoms with Gasteiger partial charge in [0, 0.05) is 32.2 Å². The maximum absolute atomic E-state index is 14.4. The number of nitrogens with zero attached hydrogens (tertiary/aromatic N) is 2. The summed E-state index contributed by atoms with van der Waals surface area (Å²) in [5.74, 6) is -2.98. The zero-order valence-corrected chi connectivity index (χ0v) is 26.7. The smallest absolute Gasteiger partial charge is 0.313 e. The van der Waals surface area contributed by atoms with Crippen molar-refractivity contribution in [3.63, 3.8) is 0 Å². The minimum Gasteiger partial charge on any atom is -0.455 e. The van der Waals surface area contributed by atoms with Crippen molar-refractivity contribution in [3.8, 4) is 0 Å². The minimum absolute atomic E-state index is 0.0239. The van der Waals surface area contributed by atoms with Gasteiger partial charge in [-0.05, 0) is 51.0 Å². The number of nitrogens with one attached hydrogen (secondary N) is 1. The van der Waals surface area contributed by atoms with Crippen LogP contribution in [0.3, 0.4) is 0 Å². The first-order valence-electron chi connectivity index (χ1n) is 16.4. The molecule has 1 aromatic rings. The number of benzene rings is 1. The molecule has 10 nitrogen and oxygen atoms in total. The van der Waals surface area contributed by atoms with Gasteiger partial charge in [0.25, 0.3) is 0 Å². The van der Waals surface area contributed by atoms with Crippen LogP contribution in [0.4, 0.5) is 0 Å². The summed E-state index contributed by atoms with van der Waals surface area (Å²) < 4.78 is 12.7. The molecular weight excluding hydrogens is 574 g/mol. The lowest BCUT2D eigenvalue weighted by Crippen LogP contribution is -2.57. The fourth-order valence-corrected chi connectivity index (χ4v) is 7.33. The van der Waals surface area contributed by atoms with Crippen LogP contribution in [-0.4, -0.2) is 88.6 Å². The van der Waals surface area contributed by atoms with E-state index in [1.165, 1.54) is 0 Å². The SMILES string of the molecule is C=CCCC(=O)NC[C@H](OC(=O)[C@@H]1[C@H]2C(=O)N(CCCCO)[C@H](C(=O)N(CC=C)C(C)CCC)[C@]23CC[C@H]1O3)c1ccccc1. The molecule has 4 rings (SSSR count). The summed E-state index contributed by atoms with van der Waals surface area (Å²) in [5.41, 5.74) is -0.427. The molecule has 10 heteroatoms. The molecule has 45 heavy (non-hydrogen) atoms. The number of amides is 3. The number of rotatable bonds is 18. The summed E-state index contributed by atoms with van der Waals surface area (Å²) in [5, 5.41) is 12.3. The zero-order chi connectivity index (χ0) is 32.6. The first kappa shape index (κ1) is 34.4. The predicted molar refractivity (Wildman–Crippen MR) is 170 cm³/mol. The summed E-state index contributed by atoms with van der Waals surface area (Å²) >= 11 is 0. The van der Waals surface area contributed by atoms with Crippen LogP contribution in [0, 0.1) is 11.8 Å². The van der Waals surface area contributed by atoms with Gasteiger partial charge in [-0.1, -0.05) is 55.8 Å². The Hall–Kier alpha value is -3.50. The predicted octanol–water partition coefficient (Wildman–Crippen LogP) is 3.70. The average molecular weight is 624 g/mol. The molecule has 3 heterocycles. The topological polar surface area (TPSA) is 125 Å². The number of ether oxygens (including phenoxy) is 2. The van der Waals surface area contributed by atoms with Crippen LogP contribution < -0.4 is 5.32 Å². The zero-order valence-electron chi connectivity index (χ0n) is 26.7. The van der Waals surface area contributed by atoms with Crippen LogP contribution in [-0.2, 0) is 28.7 Å². The molecule has 3 aliphatic heterocycles. The van der Waals surface area contributed by atoms with E-state index in [-0.39, 0.29) is 49.9 Å². The lowest BCUT2D eigenvalue weighted by Gasteiger charge is -2.39. The Labute approximate surface area is 266 Å². The molecule has 0 saturated carbocycles. The van der Waals surface area contributed by atoms with Crippen LogP contribution in [0.15, 0.2) is 55.6 Å². The maximum Gasteiger partial charge on any atom is 0.313 e. The number of aliphatic hydroxyl groups excluding tert-OH is 1. The normalized spacial score (nSPS) is 26.2. The molecule has 0 aliphatic carbocycles. The molecule has 1 unspecified atom stereocenters. The molecule has 1 aromatic carbocycles. The third-order valence-corrected chi connectivity index (χ3v) is 9.45. The molecule has 0 aromatic heterocycles. The van der Waals surface area contributed by atoms with Crippen molar-refractivity contribution in [2.24, 2.45) is 11.8 Å². The lowest BCUT2D eigenvalue weighted by molar-refractivity contribution is -0.160. The Kier molecular flexibility index (Phi) is 12.0. The molecule has 246 valence electrons.